The van der Waals surface area contributed by atoms with Gasteiger partial charge in [-0.3, -0.25) is 4.79 Å². The van der Waals surface area contributed by atoms with Gasteiger partial charge >= 0.3 is 0 Å². The fourth-order valence-electron chi connectivity index (χ4n) is 3.21. The van der Waals surface area contributed by atoms with Gasteiger partial charge in [0, 0.05) is 12.6 Å². The molecule has 0 spiro atoms. The van der Waals surface area contributed by atoms with Crippen LogP contribution in [0.5, 0.6) is 5.75 Å². The van der Waals surface area contributed by atoms with Gasteiger partial charge in [-0.25, -0.2) is 8.42 Å². The van der Waals surface area contributed by atoms with Gasteiger partial charge in [0.1, 0.15) is 11.4 Å². The zero-order valence-corrected chi connectivity index (χ0v) is 17.4. The Labute approximate surface area is 168 Å². The summed E-state index contributed by atoms with van der Waals surface area (Å²) in [5.41, 5.74) is 0.678. The van der Waals surface area contributed by atoms with E-state index >= 15 is 0 Å². The highest BCUT2D eigenvalue weighted by atomic mass is 32.2. The molecule has 3 rings (SSSR count). The van der Waals surface area contributed by atoms with E-state index in [1.165, 1.54) is 16.4 Å². The van der Waals surface area contributed by atoms with E-state index in [9.17, 15) is 13.2 Å². The van der Waals surface area contributed by atoms with Gasteiger partial charge < -0.3 is 9.64 Å². The zero-order valence-electron chi connectivity index (χ0n) is 15.8. The molecule has 28 heavy (non-hydrogen) atoms. The molecule has 11 heteroatoms. The van der Waals surface area contributed by atoms with Crippen LogP contribution in [0, 0.1) is 0 Å². The number of amides is 1. The normalized spacial score (nSPS) is 18.1. The van der Waals surface area contributed by atoms with E-state index < -0.39 is 9.84 Å². The van der Waals surface area contributed by atoms with Gasteiger partial charge in [0.2, 0.25) is 11.1 Å². The van der Waals surface area contributed by atoms with Crippen LogP contribution in [0.15, 0.2) is 29.4 Å². The van der Waals surface area contributed by atoms with Crippen molar-refractivity contribution in [2.75, 3.05) is 30.9 Å². The topological polar surface area (TPSA) is 107 Å². The smallest absolute Gasteiger partial charge is 0.233 e. The predicted octanol–water partition coefficient (Wildman–Crippen LogP) is 1.19. The van der Waals surface area contributed by atoms with E-state index in [0.717, 1.165) is 6.42 Å². The molecule has 9 nitrogen and oxygen atoms in total. The third-order valence-electron chi connectivity index (χ3n) is 4.51. The Morgan fingerprint density at radius 2 is 2.18 bits per heavy atom. The first-order chi connectivity index (χ1) is 13.4. The minimum absolute atomic E-state index is 0.0440. The Balaban J connectivity index is 1.71. The number of carbonyl (C=O) groups is 1. The van der Waals surface area contributed by atoms with Crippen LogP contribution in [0.4, 0.5) is 0 Å². The molecule has 152 valence electrons. The van der Waals surface area contributed by atoms with Gasteiger partial charge in [-0.05, 0) is 35.4 Å². The van der Waals surface area contributed by atoms with Crippen molar-refractivity contribution in [3.63, 3.8) is 0 Å². The molecule has 1 aromatic carbocycles. The summed E-state index contributed by atoms with van der Waals surface area (Å²) in [5, 5.41) is 12.2. The summed E-state index contributed by atoms with van der Waals surface area (Å²) in [7, 11) is -1.48. The second kappa shape index (κ2) is 8.91. The summed E-state index contributed by atoms with van der Waals surface area (Å²) in [6.07, 6.45) is 1.27. The number of tetrazole rings is 1. The maximum atomic E-state index is 12.8. The van der Waals surface area contributed by atoms with Crippen molar-refractivity contribution in [1.82, 2.24) is 25.1 Å². The highest BCUT2D eigenvalue weighted by molar-refractivity contribution is 7.99. The molecule has 1 aliphatic heterocycles. The summed E-state index contributed by atoms with van der Waals surface area (Å²) < 4.78 is 30.5. The molecule has 1 aromatic heterocycles. The Kier molecular flexibility index (Phi) is 6.55. The predicted molar refractivity (Wildman–Crippen MR) is 105 cm³/mol. The molecule has 0 aliphatic carbocycles. The third kappa shape index (κ3) is 4.64. The fraction of sp³-hybridized carbons (Fsp3) is 0.529. The highest BCUT2D eigenvalue weighted by Gasteiger charge is 2.34. The Morgan fingerprint density at radius 3 is 2.86 bits per heavy atom. The van der Waals surface area contributed by atoms with Crippen molar-refractivity contribution < 1.29 is 17.9 Å². The van der Waals surface area contributed by atoms with Crippen molar-refractivity contribution in [2.45, 2.75) is 31.0 Å². The molecule has 1 fully saturated rings. The van der Waals surface area contributed by atoms with Crippen LogP contribution in [-0.4, -0.2) is 76.4 Å². The minimum Gasteiger partial charge on any atom is -0.494 e. The molecule has 1 saturated heterocycles. The van der Waals surface area contributed by atoms with Crippen LogP contribution < -0.4 is 4.74 Å². The van der Waals surface area contributed by atoms with Gasteiger partial charge in [0.25, 0.3) is 0 Å². The number of hydrogen-bond acceptors (Lipinski definition) is 8. The number of aromatic nitrogens is 4. The molecular weight excluding hydrogens is 402 g/mol. The molecular formula is C17H23N5O4S2. The molecule has 2 aromatic rings. The number of ether oxygens (including phenoxy) is 1. The molecule has 0 N–H and O–H groups in total. The van der Waals surface area contributed by atoms with Crippen LogP contribution in [0.3, 0.4) is 0 Å². The van der Waals surface area contributed by atoms with Gasteiger partial charge in [0.15, 0.2) is 9.84 Å². The summed E-state index contributed by atoms with van der Waals surface area (Å²) in [6.45, 7) is 2.51. The molecule has 2 heterocycles. The lowest BCUT2D eigenvalue weighted by Crippen LogP contribution is -2.42. The number of carbonyl (C=O) groups excluding carboxylic acids is 1. The Hall–Kier alpha value is -2.14. The lowest BCUT2D eigenvalue weighted by molar-refractivity contribution is -0.130. The van der Waals surface area contributed by atoms with Crippen LogP contribution in [0.25, 0.3) is 5.69 Å². The second-order valence-electron chi connectivity index (χ2n) is 6.48. The van der Waals surface area contributed by atoms with Crippen molar-refractivity contribution >= 4 is 27.5 Å². The zero-order chi connectivity index (χ0) is 20.1. The van der Waals surface area contributed by atoms with Gasteiger partial charge in [-0.2, -0.15) is 4.68 Å². The second-order valence-corrected chi connectivity index (χ2v) is 9.65. The van der Waals surface area contributed by atoms with E-state index in [4.69, 9.17) is 4.74 Å². The minimum atomic E-state index is -3.05. The molecule has 0 bridgehead atoms. The summed E-state index contributed by atoms with van der Waals surface area (Å²) >= 11 is 1.22. The van der Waals surface area contributed by atoms with Crippen LogP contribution in [0.2, 0.25) is 0 Å². The fourth-order valence-corrected chi connectivity index (χ4v) is 5.71. The maximum absolute atomic E-state index is 12.8. The number of para-hydroxylation sites is 2. The van der Waals surface area contributed by atoms with Crippen molar-refractivity contribution in [3.8, 4) is 11.4 Å². The van der Waals surface area contributed by atoms with E-state index in [-0.39, 0.29) is 29.2 Å². The number of benzene rings is 1. The van der Waals surface area contributed by atoms with E-state index in [1.54, 1.807) is 18.1 Å². The number of nitrogens with zero attached hydrogens (tertiary/aromatic N) is 5. The molecule has 1 amide bonds. The lowest BCUT2D eigenvalue weighted by Gasteiger charge is -2.27. The van der Waals surface area contributed by atoms with E-state index in [1.807, 2.05) is 25.1 Å². The van der Waals surface area contributed by atoms with Crippen LogP contribution in [-0.2, 0) is 14.6 Å². The van der Waals surface area contributed by atoms with Crippen LogP contribution in [0.1, 0.15) is 19.8 Å². The summed E-state index contributed by atoms with van der Waals surface area (Å²) in [6, 6.07) is 7.08. The number of hydrogen-bond donors (Lipinski definition) is 0. The lowest BCUT2D eigenvalue weighted by atomic mass is 10.2. The Morgan fingerprint density at radius 1 is 1.39 bits per heavy atom. The SMILES string of the molecule is CCCN(C(=O)CSc1nnnn1-c1ccccc1OC)[C@@H]1CCS(=O)(=O)C1. The number of rotatable bonds is 8. The average molecular weight is 426 g/mol. The first-order valence-corrected chi connectivity index (χ1v) is 11.8. The first-order valence-electron chi connectivity index (χ1n) is 8.99. The molecule has 1 atom stereocenters. The average Bonchev–Trinajstić information content (AvgIpc) is 3.30. The van der Waals surface area contributed by atoms with Gasteiger partial charge in [-0.1, -0.05) is 30.8 Å². The molecule has 1 aliphatic rings. The highest BCUT2D eigenvalue weighted by Crippen LogP contribution is 2.26. The maximum Gasteiger partial charge on any atom is 0.233 e. The van der Waals surface area contributed by atoms with E-state index in [0.29, 0.717) is 29.6 Å². The number of sulfone groups is 1. The number of thioether (sulfide) groups is 1. The quantitative estimate of drug-likeness (QED) is 0.581. The van der Waals surface area contributed by atoms with Gasteiger partial charge in [0.05, 0.1) is 24.4 Å². The first kappa shape index (κ1) is 20.6. The van der Waals surface area contributed by atoms with Crippen molar-refractivity contribution in [3.05, 3.63) is 24.3 Å². The standard InChI is InChI=1S/C17H23N5O4S2/c1-3-9-21(13-8-10-28(24,25)12-13)16(23)11-27-17-18-19-20-22(17)14-6-4-5-7-15(14)26-2/h4-7,13H,3,8-12H2,1-2H3/t13-/m1/s1. The van der Waals surface area contributed by atoms with Crippen molar-refractivity contribution in [2.24, 2.45) is 0 Å². The molecule has 0 unspecified atom stereocenters. The third-order valence-corrected chi connectivity index (χ3v) is 7.17. The van der Waals surface area contributed by atoms with Gasteiger partial charge in [-0.15, -0.1) is 5.10 Å². The monoisotopic (exact) mass is 425 g/mol. The van der Waals surface area contributed by atoms with E-state index in [2.05, 4.69) is 15.5 Å². The summed E-state index contributed by atoms with van der Waals surface area (Å²) in [4.78, 5) is 14.5. The molecule has 0 radical (unpaired) electrons. The summed E-state index contributed by atoms with van der Waals surface area (Å²) in [5.74, 6) is 0.828. The van der Waals surface area contributed by atoms with Crippen molar-refractivity contribution in [1.29, 1.82) is 0 Å². The molecule has 0 saturated carbocycles. The largest absolute Gasteiger partial charge is 0.494 e. The van der Waals surface area contributed by atoms with Crippen LogP contribution >= 0.6 is 11.8 Å². The number of methoxy groups -OCH3 is 1. The Bertz CT molecular complexity index is 931.